The lowest BCUT2D eigenvalue weighted by molar-refractivity contribution is -0.127. The number of carbonyl (C=O) groups excluding carboxylic acids is 2. The van der Waals surface area contributed by atoms with Gasteiger partial charge in [-0.1, -0.05) is 11.8 Å². The maximum atomic E-state index is 12.6. The highest BCUT2D eigenvalue weighted by Crippen LogP contribution is 2.27. The van der Waals surface area contributed by atoms with Crippen LogP contribution >= 0.6 is 11.8 Å². The Hall–Kier alpha value is -2.30. The fourth-order valence-electron chi connectivity index (χ4n) is 3.75. The molecule has 2 fully saturated rings. The number of hydrogen-bond donors (Lipinski definition) is 1. The van der Waals surface area contributed by atoms with E-state index in [1.54, 1.807) is 25.1 Å². The fourth-order valence-corrected chi connectivity index (χ4v) is 4.57. The van der Waals surface area contributed by atoms with Gasteiger partial charge in [-0.05, 0) is 19.3 Å². The van der Waals surface area contributed by atoms with Gasteiger partial charge in [-0.15, -0.1) is 10.2 Å². The van der Waals surface area contributed by atoms with Crippen LogP contribution in [-0.4, -0.2) is 92.0 Å². The van der Waals surface area contributed by atoms with Gasteiger partial charge in [-0.25, -0.2) is 9.79 Å². The molecule has 0 aromatic carbocycles. The lowest BCUT2D eigenvalue weighted by Gasteiger charge is -2.38. The van der Waals surface area contributed by atoms with Crippen molar-refractivity contribution in [3.05, 3.63) is 6.33 Å². The summed E-state index contributed by atoms with van der Waals surface area (Å²) < 4.78 is 1.87. The Morgan fingerprint density at radius 2 is 2.00 bits per heavy atom. The Bertz CT molecular complexity index is 759. The lowest BCUT2D eigenvalue weighted by Crippen LogP contribution is -2.64. The van der Waals surface area contributed by atoms with Gasteiger partial charge in [0, 0.05) is 39.5 Å². The van der Waals surface area contributed by atoms with E-state index >= 15 is 0 Å². The summed E-state index contributed by atoms with van der Waals surface area (Å²) in [5.41, 5.74) is 0. The summed E-state index contributed by atoms with van der Waals surface area (Å²) in [6.07, 6.45) is 4.66. The van der Waals surface area contributed by atoms with Crippen LogP contribution in [0.5, 0.6) is 0 Å². The van der Waals surface area contributed by atoms with Gasteiger partial charge in [0.2, 0.25) is 0 Å². The largest absolute Gasteiger partial charge is 0.343 e. The van der Waals surface area contributed by atoms with E-state index in [0.29, 0.717) is 6.54 Å². The molecule has 0 bridgehead atoms. The number of likely N-dealkylation sites (N-methyl/N-ethyl adjacent to an activating group) is 1. The van der Waals surface area contributed by atoms with Gasteiger partial charge in [-0.2, -0.15) is 0 Å². The number of fused-ring (bicyclic) bond motifs is 1. The summed E-state index contributed by atoms with van der Waals surface area (Å²) in [5.74, 6) is 1.30. The third kappa shape index (κ3) is 3.35. The maximum Gasteiger partial charge on any atom is 0.325 e. The molecule has 3 aliphatic rings. The van der Waals surface area contributed by atoms with Gasteiger partial charge in [0.05, 0.1) is 0 Å². The number of aliphatic imine (C=N–C) groups is 1. The van der Waals surface area contributed by atoms with E-state index in [1.807, 2.05) is 11.6 Å². The Balaban J connectivity index is 1.53. The summed E-state index contributed by atoms with van der Waals surface area (Å²) in [5, 5.41) is 11.3. The molecular formula is C16H24N8O2S. The van der Waals surface area contributed by atoms with Crippen LogP contribution in [-0.2, 0) is 11.8 Å². The third-order valence-corrected chi connectivity index (χ3v) is 6.23. The molecular weight excluding hydrogens is 368 g/mol. The molecule has 0 saturated carbocycles. The number of nitrogens with one attached hydrogen (secondary N) is 1. The van der Waals surface area contributed by atoms with Crippen LogP contribution in [0, 0.1) is 0 Å². The van der Waals surface area contributed by atoms with Crippen molar-refractivity contribution < 1.29 is 9.59 Å². The van der Waals surface area contributed by atoms with E-state index < -0.39 is 18.2 Å². The van der Waals surface area contributed by atoms with Crippen molar-refractivity contribution in [2.24, 2.45) is 12.0 Å². The molecule has 0 radical (unpaired) electrons. The Kier molecular flexibility index (Phi) is 4.94. The zero-order valence-electron chi connectivity index (χ0n) is 15.5. The van der Waals surface area contributed by atoms with E-state index in [2.05, 4.69) is 25.3 Å². The summed E-state index contributed by atoms with van der Waals surface area (Å²) in [6, 6.07) is -0.872. The van der Waals surface area contributed by atoms with Crippen LogP contribution in [0.2, 0.25) is 0 Å². The van der Waals surface area contributed by atoms with Crippen LogP contribution in [0.4, 0.5) is 4.79 Å². The number of carbonyl (C=O) groups is 2. The molecule has 3 amide bonds. The van der Waals surface area contributed by atoms with Gasteiger partial charge in [0.15, 0.2) is 23.3 Å². The highest BCUT2D eigenvalue weighted by Gasteiger charge is 2.49. The summed E-state index contributed by atoms with van der Waals surface area (Å²) in [4.78, 5) is 35.2. The predicted molar refractivity (Wildman–Crippen MR) is 100 cm³/mol. The molecule has 4 rings (SSSR count). The lowest BCUT2D eigenvalue weighted by atomic mass is 10.1. The summed E-state index contributed by atoms with van der Waals surface area (Å²) >= 11 is 1.59. The minimum atomic E-state index is -0.482. The maximum absolute atomic E-state index is 12.6. The minimum Gasteiger partial charge on any atom is -0.343 e. The Labute approximate surface area is 162 Å². The predicted octanol–water partition coefficient (Wildman–Crippen LogP) is -0.0590. The number of thioether (sulfide) groups is 1. The number of nitrogens with zero attached hydrogens (tertiary/aromatic N) is 7. The zero-order chi connectivity index (χ0) is 19.0. The minimum absolute atomic E-state index is 0.275. The quantitative estimate of drug-likeness (QED) is 0.717. The van der Waals surface area contributed by atoms with Crippen molar-refractivity contribution in [3.8, 4) is 0 Å². The van der Waals surface area contributed by atoms with Gasteiger partial charge in [0.25, 0.3) is 5.91 Å². The molecule has 4 heterocycles. The molecule has 1 aromatic heterocycles. The number of aryl methyl sites for hydroxylation is 1. The number of rotatable bonds is 4. The molecule has 11 heteroatoms. The molecule has 10 nitrogen and oxygen atoms in total. The first-order valence-corrected chi connectivity index (χ1v) is 10.2. The summed E-state index contributed by atoms with van der Waals surface area (Å²) in [6.45, 7) is 2.51. The number of aromatic nitrogens is 3. The molecule has 2 atom stereocenters. The highest BCUT2D eigenvalue weighted by atomic mass is 32.2. The second-order valence-electron chi connectivity index (χ2n) is 7.01. The molecule has 0 aliphatic carbocycles. The van der Waals surface area contributed by atoms with E-state index in [-0.39, 0.29) is 5.91 Å². The second kappa shape index (κ2) is 7.37. The van der Waals surface area contributed by atoms with Crippen LogP contribution < -0.4 is 5.32 Å². The standard InChI is InChI=1S/C16H24N8O2S/c1-21-10-17-20-16(21)27-9-8-24-11-12(22(2)15(26)19-13(11)25)18-14(24)23-6-4-3-5-7-23/h10-12H,3-9H2,1-2H3,(H,19,25,26). The van der Waals surface area contributed by atoms with Crippen molar-refractivity contribution in [2.75, 3.05) is 32.4 Å². The zero-order valence-corrected chi connectivity index (χ0v) is 16.4. The second-order valence-corrected chi connectivity index (χ2v) is 8.07. The van der Waals surface area contributed by atoms with E-state index in [0.717, 1.165) is 42.8 Å². The smallest absolute Gasteiger partial charge is 0.325 e. The normalized spacial score (nSPS) is 25.6. The van der Waals surface area contributed by atoms with Crippen molar-refractivity contribution in [2.45, 2.75) is 36.6 Å². The highest BCUT2D eigenvalue weighted by molar-refractivity contribution is 7.99. The average molecular weight is 392 g/mol. The first-order chi connectivity index (χ1) is 13.1. The van der Waals surface area contributed by atoms with Crippen LogP contribution in [0.25, 0.3) is 0 Å². The number of hydrogen-bond acceptors (Lipinski definition) is 8. The molecule has 0 spiro atoms. The van der Waals surface area contributed by atoms with E-state index in [1.165, 1.54) is 11.3 Å². The third-order valence-electron chi connectivity index (χ3n) is 5.21. The number of amides is 3. The number of likely N-dealkylation sites (tertiary alicyclic amines) is 1. The fraction of sp³-hybridized carbons (Fsp3) is 0.688. The Morgan fingerprint density at radius 1 is 1.22 bits per heavy atom. The first-order valence-electron chi connectivity index (χ1n) is 9.20. The molecule has 2 unspecified atom stereocenters. The molecule has 3 aliphatic heterocycles. The van der Waals surface area contributed by atoms with Gasteiger partial charge >= 0.3 is 6.03 Å². The number of urea groups is 1. The molecule has 1 aromatic rings. The van der Waals surface area contributed by atoms with Crippen LogP contribution in [0.3, 0.4) is 0 Å². The van der Waals surface area contributed by atoms with Crippen molar-refractivity contribution in [1.29, 1.82) is 0 Å². The SMILES string of the molecule is CN1C(=O)NC(=O)C2C1N=C(N1CCCCC1)N2CCSc1nncn1C. The van der Waals surface area contributed by atoms with E-state index in [9.17, 15) is 9.59 Å². The molecule has 1 N–H and O–H groups in total. The monoisotopic (exact) mass is 392 g/mol. The molecule has 146 valence electrons. The number of guanidine groups is 1. The first kappa shape index (κ1) is 18.1. The van der Waals surface area contributed by atoms with E-state index in [4.69, 9.17) is 4.99 Å². The topological polar surface area (TPSA) is 99.0 Å². The average Bonchev–Trinajstić information content (AvgIpc) is 3.25. The van der Waals surface area contributed by atoms with Crippen molar-refractivity contribution in [1.82, 2.24) is 34.8 Å². The number of piperidine rings is 1. The van der Waals surface area contributed by atoms with Crippen LogP contribution in [0.15, 0.2) is 16.5 Å². The van der Waals surface area contributed by atoms with Crippen molar-refractivity contribution in [3.63, 3.8) is 0 Å². The van der Waals surface area contributed by atoms with Gasteiger partial charge in [-0.3, -0.25) is 10.1 Å². The molecule has 2 saturated heterocycles. The summed E-state index contributed by atoms with van der Waals surface area (Å²) in [7, 11) is 3.60. The van der Waals surface area contributed by atoms with Crippen LogP contribution in [0.1, 0.15) is 19.3 Å². The van der Waals surface area contributed by atoms with Gasteiger partial charge < -0.3 is 19.3 Å². The Morgan fingerprint density at radius 3 is 2.70 bits per heavy atom. The molecule has 27 heavy (non-hydrogen) atoms. The number of imide groups is 1. The van der Waals surface area contributed by atoms with Gasteiger partial charge in [0.1, 0.15) is 6.33 Å². The van der Waals surface area contributed by atoms with Crippen molar-refractivity contribution >= 4 is 29.7 Å².